The predicted molar refractivity (Wildman–Crippen MR) is 319 cm³/mol. The summed E-state index contributed by atoms with van der Waals surface area (Å²) in [7, 11) is 7.75. The van der Waals surface area contributed by atoms with Crippen molar-refractivity contribution in [2.24, 2.45) is 0 Å². The van der Waals surface area contributed by atoms with E-state index in [2.05, 4.69) is 81.1 Å². The summed E-state index contributed by atoms with van der Waals surface area (Å²) in [5, 5.41) is 11.7. The quantitative estimate of drug-likeness (QED) is 0.0303. The Morgan fingerprint density at radius 3 is 1.33 bits per heavy atom. The number of aromatic nitrogens is 12. The molecular weight excluding hydrogens is 1140 g/mol. The van der Waals surface area contributed by atoms with Gasteiger partial charge in [-0.3, -0.25) is 29.9 Å². The van der Waals surface area contributed by atoms with Crippen LogP contribution in [-0.2, 0) is 17.8 Å². The number of esters is 1. The Morgan fingerprint density at radius 1 is 0.500 bits per heavy atom. The molecule has 0 saturated heterocycles. The summed E-state index contributed by atoms with van der Waals surface area (Å²) in [6.45, 7) is 0.917. The van der Waals surface area contributed by atoms with E-state index in [1.165, 1.54) is 13.3 Å². The fraction of sp³-hybridized carbons (Fsp3) is 0.138. The largest absolute Gasteiger partial charge is 0.494 e. The van der Waals surface area contributed by atoms with Gasteiger partial charge in [-0.15, -0.1) is 0 Å². The third-order valence-corrected chi connectivity index (χ3v) is 11.4. The molecule has 84 heavy (non-hydrogen) atoms. The maximum absolute atomic E-state index is 11.6. The summed E-state index contributed by atoms with van der Waals surface area (Å²) in [5.74, 6) is 5.95. The molecule has 0 bridgehead atoms. The van der Waals surface area contributed by atoms with Gasteiger partial charge in [0.25, 0.3) is 5.91 Å². The number of methoxy groups -OCH3 is 5. The predicted octanol–water partition coefficient (Wildman–Crippen LogP) is 9.51. The highest BCUT2D eigenvalue weighted by molar-refractivity contribution is 9.10. The minimum Gasteiger partial charge on any atom is -0.494 e. The van der Waals surface area contributed by atoms with Crippen molar-refractivity contribution in [3.8, 4) is 23.0 Å². The highest BCUT2D eigenvalue weighted by atomic mass is 79.9. The van der Waals surface area contributed by atoms with Crippen LogP contribution in [-0.4, -0.2) is 112 Å². The van der Waals surface area contributed by atoms with Crippen molar-refractivity contribution in [3.63, 3.8) is 0 Å². The van der Waals surface area contributed by atoms with Gasteiger partial charge in [-0.25, -0.2) is 50.1 Å². The number of halogens is 1. The van der Waals surface area contributed by atoms with E-state index >= 15 is 0 Å². The number of nitrogens with two attached hydrogens (primary N) is 1. The van der Waals surface area contributed by atoms with Crippen LogP contribution in [0.4, 0.5) is 40.7 Å². The minimum absolute atomic E-state index is 0. The van der Waals surface area contributed by atoms with E-state index in [9.17, 15) is 9.59 Å². The van der Waals surface area contributed by atoms with E-state index < -0.39 is 5.91 Å². The molecule has 432 valence electrons. The first-order chi connectivity index (χ1) is 40.6. The zero-order chi connectivity index (χ0) is 59.0. The van der Waals surface area contributed by atoms with E-state index in [1.807, 2.05) is 58.3 Å². The molecule has 2 aromatic carbocycles. The van der Waals surface area contributed by atoms with Crippen LogP contribution < -0.4 is 45.3 Å². The molecule has 5 N–H and O–H groups in total. The minimum atomic E-state index is -0.561. The van der Waals surface area contributed by atoms with Crippen LogP contribution in [0.2, 0.25) is 0 Å². The van der Waals surface area contributed by atoms with Crippen LogP contribution in [0.15, 0.2) is 201 Å². The van der Waals surface area contributed by atoms with E-state index in [-0.39, 0.29) is 13.4 Å². The van der Waals surface area contributed by atoms with Gasteiger partial charge in [0, 0.05) is 79.9 Å². The monoisotopic (exact) mass is 1200 g/mol. The number of hydrogen-bond acceptors (Lipinski definition) is 24. The Bertz CT molecular complexity index is 3360. The molecule has 0 spiro atoms. The van der Waals surface area contributed by atoms with Crippen LogP contribution in [0.3, 0.4) is 0 Å². The lowest BCUT2D eigenvalue weighted by Gasteiger charge is -2.24. The summed E-state index contributed by atoms with van der Waals surface area (Å²) in [4.78, 5) is 76.2. The molecule has 10 rings (SSSR count). The Kier molecular flexibility index (Phi) is 26.6. The van der Waals surface area contributed by atoms with Crippen LogP contribution in [0.1, 0.15) is 39.3 Å². The number of carbonyl (C=O) groups is 2. The summed E-state index contributed by atoms with van der Waals surface area (Å²) < 4.78 is 26.4. The summed E-state index contributed by atoms with van der Waals surface area (Å²) >= 11 is 3.22. The van der Waals surface area contributed by atoms with Gasteiger partial charge in [0.1, 0.15) is 16.2 Å². The van der Waals surface area contributed by atoms with Crippen molar-refractivity contribution >= 4 is 68.5 Å². The molecule has 0 fully saturated rings. The highest BCUT2D eigenvalue weighted by Gasteiger charge is 2.20. The number of nitrogens with one attached hydrogen (secondary N) is 2. The van der Waals surface area contributed by atoms with Crippen molar-refractivity contribution in [2.45, 2.75) is 20.5 Å². The van der Waals surface area contributed by atoms with Gasteiger partial charge in [-0.1, -0.05) is 31.7 Å². The molecule has 0 atom stereocenters. The lowest BCUT2D eigenvalue weighted by molar-refractivity contribution is 0.0600. The lowest BCUT2D eigenvalue weighted by atomic mass is 10.1. The van der Waals surface area contributed by atoms with Gasteiger partial charge in [0.15, 0.2) is 52.1 Å². The first kappa shape index (κ1) is 64.0. The molecular formula is C58H60BrN17O8. The standard InChI is InChI=1S/C19H18N4O3.C18H17N5O3.C10H10N4O.C6H6BrNO.C4H5N3.CH4/c1-25-16-4-3-9-22-18(16)23(17-12-20-10-11-21-17)13-14-5-7-15(8-6-14)19(24)26-2;1-26-15-3-2-8-21-17(15)23(16-11-19-9-10-20-16)12-13-4-6-14(7-5-13)18(24)22-25;1-15-8-3-2-4-13-10(8)14-9-7-11-5-6-12-9;1-9-5-3-2-4-8-6(5)7;5-4-3-6-1-2-7-4;/h3-12H,13H2,1-2H3;2-11,25H,12H2,1H3,(H,22,24);2-7H,1H3,(H,12,13,14);2-4H,1H3;1-3H,(H2,5,7);1H4. The van der Waals surface area contributed by atoms with E-state index in [0.29, 0.717) is 82.2 Å². The molecule has 1 amide bonds. The maximum atomic E-state index is 11.6. The molecule has 8 aromatic heterocycles. The van der Waals surface area contributed by atoms with E-state index in [0.717, 1.165) is 21.5 Å². The SMILES string of the molecule is C.COC(=O)c1ccc(CN(c2cnccn2)c2ncccc2OC)cc1.COc1cccnc1Br.COc1cccnc1N(Cc1ccc(C(=O)NO)cc1)c1cnccn1.COc1cccnc1Nc1cnccn1.Nc1cnccn1. The highest BCUT2D eigenvalue weighted by Crippen LogP contribution is 2.33. The molecule has 26 heteroatoms. The molecule has 0 aliphatic carbocycles. The van der Waals surface area contributed by atoms with Gasteiger partial charge in [-0.05, 0) is 99.9 Å². The van der Waals surface area contributed by atoms with Crippen LogP contribution in [0, 0.1) is 0 Å². The third-order valence-electron chi connectivity index (χ3n) is 10.8. The number of ether oxygens (including phenoxy) is 5. The first-order valence-corrected chi connectivity index (χ1v) is 25.3. The molecule has 8 heterocycles. The zero-order valence-electron chi connectivity index (χ0n) is 45.4. The Hall–Kier alpha value is -10.9. The number of rotatable bonds is 16. The Balaban J connectivity index is 0.000000207. The molecule has 25 nitrogen and oxygen atoms in total. The normalized spacial score (nSPS) is 9.75. The number of anilines is 7. The Morgan fingerprint density at radius 2 is 0.940 bits per heavy atom. The molecule has 0 unspecified atom stereocenters. The number of pyridine rings is 4. The molecule has 0 aliphatic rings. The molecule has 0 radical (unpaired) electrons. The molecule has 10 aromatic rings. The first-order valence-electron chi connectivity index (χ1n) is 24.5. The van der Waals surface area contributed by atoms with Crippen molar-refractivity contribution in [3.05, 3.63) is 223 Å². The second-order valence-electron chi connectivity index (χ2n) is 16.1. The fourth-order valence-corrected chi connectivity index (χ4v) is 7.31. The van der Waals surface area contributed by atoms with Gasteiger partial charge in [0.05, 0.1) is 79.0 Å². The van der Waals surface area contributed by atoms with Crippen molar-refractivity contribution in [1.29, 1.82) is 0 Å². The molecule has 0 saturated carbocycles. The topological polar surface area (TPSA) is 312 Å². The van der Waals surface area contributed by atoms with Gasteiger partial charge in [0.2, 0.25) is 0 Å². The third kappa shape index (κ3) is 19.7. The second kappa shape index (κ2) is 35.0. The Labute approximate surface area is 493 Å². The number of hydroxylamine groups is 1. The summed E-state index contributed by atoms with van der Waals surface area (Å²) in [5.41, 5.74) is 9.54. The van der Waals surface area contributed by atoms with Gasteiger partial charge >= 0.3 is 5.97 Å². The van der Waals surface area contributed by atoms with Crippen LogP contribution in [0.5, 0.6) is 23.0 Å². The fourth-order valence-electron chi connectivity index (χ4n) is 6.90. The van der Waals surface area contributed by atoms with Crippen molar-refractivity contribution < 1.29 is 38.5 Å². The number of amides is 1. The van der Waals surface area contributed by atoms with Gasteiger partial charge in [-0.2, -0.15) is 0 Å². The van der Waals surface area contributed by atoms with Crippen molar-refractivity contribution in [2.75, 3.05) is 56.4 Å². The van der Waals surface area contributed by atoms with E-state index in [1.54, 1.807) is 175 Å². The average Bonchev–Trinajstić information content (AvgIpc) is 3.69. The van der Waals surface area contributed by atoms with Crippen molar-refractivity contribution in [1.82, 2.24) is 65.3 Å². The second-order valence-corrected chi connectivity index (χ2v) is 16.8. The van der Waals surface area contributed by atoms with Crippen LogP contribution in [0.25, 0.3) is 0 Å². The number of nitrogens with zero attached hydrogens (tertiary/aromatic N) is 14. The lowest BCUT2D eigenvalue weighted by Crippen LogP contribution is -2.20. The summed E-state index contributed by atoms with van der Waals surface area (Å²) in [6, 6.07) is 28.6. The van der Waals surface area contributed by atoms with E-state index in [4.69, 9.17) is 34.6 Å². The maximum Gasteiger partial charge on any atom is 0.337 e. The van der Waals surface area contributed by atoms with Gasteiger partial charge < -0.3 is 44.5 Å². The smallest absolute Gasteiger partial charge is 0.337 e. The number of benzene rings is 2. The molecule has 0 aliphatic heterocycles. The zero-order valence-corrected chi connectivity index (χ0v) is 47.0. The number of hydrogen-bond donors (Lipinski definition) is 4. The summed E-state index contributed by atoms with van der Waals surface area (Å²) in [6.07, 6.45) is 26.0. The number of nitrogen functional groups attached to an aromatic ring is 1. The van der Waals surface area contributed by atoms with Crippen LogP contribution >= 0.6 is 15.9 Å². The average molecular weight is 1200 g/mol. The number of carbonyl (C=O) groups excluding carboxylic acids is 2.